The normalized spacial score (nSPS) is 18.9. The van der Waals surface area contributed by atoms with Crippen LogP contribution in [0, 0.1) is 6.92 Å². The lowest BCUT2D eigenvalue weighted by Gasteiger charge is -2.27. The second kappa shape index (κ2) is 6.87. The van der Waals surface area contributed by atoms with Crippen LogP contribution in [0.4, 0.5) is 0 Å². The van der Waals surface area contributed by atoms with Gasteiger partial charge in [-0.1, -0.05) is 0 Å². The van der Waals surface area contributed by atoms with Gasteiger partial charge in [0.15, 0.2) is 15.7 Å². The van der Waals surface area contributed by atoms with Crippen molar-refractivity contribution in [3.8, 4) is 11.4 Å². The van der Waals surface area contributed by atoms with E-state index in [1.54, 1.807) is 30.3 Å². The van der Waals surface area contributed by atoms with E-state index in [0.29, 0.717) is 30.0 Å². The van der Waals surface area contributed by atoms with Gasteiger partial charge in [-0.15, -0.1) is 0 Å². The molecule has 0 bridgehead atoms. The number of sulfone groups is 1. The number of amides is 1. The van der Waals surface area contributed by atoms with Crippen molar-refractivity contribution in [2.75, 3.05) is 18.1 Å². The van der Waals surface area contributed by atoms with Gasteiger partial charge in [-0.2, -0.15) is 0 Å². The summed E-state index contributed by atoms with van der Waals surface area (Å²) >= 11 is 0. The fourth-order valence-corrected chi connectivity index (χ4v) is 4.79. The summed E-state index contributed by atoms with van der Waals surface area (Å²) in [5.41, 5.74) is 1.75. The molecule has 1 atom stereocenters. The summed E-state index contributed by atoms with van der Waals surface area (Å²) in [7, 11) is -3.05. The van der Waals surface area contributed by atoms with E-state index in [4.69, 9.17) is 0 Å². The van der Waals surface area contributed by atoms with Crippen LogP contribution in [-0.4, -0.2) is 58.3 Å². The number of nitrogens with zero attached hydrogens (tertiary/aromatic N) is 4. The number of pyridine rings is 1. The number of hydrogen-bond donors (Lipinski definition) is 0. The topological polar surface area (TPSA) is 93.1 Å². The molecule has 8 heteroatoms. The lowest BCUT2D eigenvalue weighted by Crippen LogP contribution is -2.41. The SMILES string of the molecule is CCN(C(=O)c1cnc(-c2cccnc2)nc1C)[C@@H]1CCS(=O)(=O)C1. The first kappa shape index (κ1) is 17.5. The van der Waals surface area contributed by atoms with Crippen LogP contribution in [-0.2, 0) is 9.84 Å². The van der Waals surface area contributed by atoms with Crippen molar-refractivity contribution in [2.24, 2.45) is 0 Å². The van der Waals surface area contributed by atoms with E-state index in [0.717, 1.165) is 5.56 Å². The lowest BCUT2D eigenvalue weighted by atomic mass is 10.1. The molecule has 2 aromatic rings. The van der Waals surface area contributed by atoms with Crippen molar-refractivity contribution in [1.29, 1.82) is 0 Å². The molecule has 1 fully saturated rings. The Labute approximate surface area is 147 Å². The fraction of sp³-hybridized carbons (Fsp3) is 0.412. The summed E-state index contributed by atoms with van der Waals surface area (Å²) < 4.78 is 23.4. The maximum Gasteiger partial charge on any atom is 0.257 e. The van der Waals surface area contributed by atoms with Crippen LogP contribution >= 0.6 is 0 Å². The maximum absolute atomic E-state index is 12.9. The highest BCUT2D eigenvalue weighted by molar-refractivity contribution is 7.91. The first-order valence-corrected chi connectivity index (χ1v) is 9.99. The van der Waals surface area contributed by atoms with Crippen molar-refractivity contribution < 1.29 is 13.2 Å². The molecule has 132 valence electrons. The smallest absolute Gasteiger partial charge is 0.257 e. The lowest BCUT2D eigenvalue weighted by molar-refractivity contribution is 0.0706. The van der Waals surface area contributed by atoms with Crippen LogP contribution in [0.15, 0.2) is 30.7 Å². The second-order valence-electron chi connectivity index (χ2n) is 6.08. The molecule has 1 saturated heterocycles. The first-order valence-electron chi connectivity index (χ1n) is 8.16. The number of rotatable bonds is 4. The number of carbonyl (C=O) groups is 1. The van der Waals surface area contributed by atoms with Gasteiger partial charge in [-0.05, 0) is 32.4 Å². The molecule has 1 amide bonds. The molecular weight excluding hydrogens is 340 g/mol. The van der Waals surface area contributed by atoms with Gasteiger partial charge < -0.3 is 4.90 Å². The first-order chi connectivity index (χ1) is 11.9. The molecule has 1 aliphatic rings. The van der Waals surface area contributed by atoms with Crippen LogP contribution in [0.1, 0.15) is 29.4 Å². The van der Waals surface area contributed by atoms with Crippen LogP contribution in [0.5, 0.6) is 0 Å². The predicted molar refractivity (Wildman–Crippen MR) is 93.8 cm³/mol. The zero-order chi connectivity index (χ0) is 18.0. The van der Waals surface area contributed by atoms with Crippen LogP contribution in [0.25, 0.3) is 11.4 Å². The van der Waals surface area contributed by atoms with Crippen molar-refractivity contribution in [3.05, 3.63) is 42.0 Å². The third-order valence-corrected chi connectivity index (χ3v) is 6.13. The molecule has 2 aromatic heterocycles. The number of aryl methyl sites for hydroxylation is 1. The Balaban J connectivity index is 1.86. The van der Waals surface area contributed by atoms with Gasteiger partial charge in [0.1, 0.15) is 0 Å². The quantitative estimate of drug-likeness (QED) is 0.820. The Hall–Kier alpha value is -2.35. The average Bonchev–Trinajstić information content (AvgIpc) is 2.95. The molecular formula is C17H20N4O3S. The van der Waals surface area contributed by atoms with Gasteiger partial charge in [0.2, 0.25) is 0 Å². The van der Waals surface area contributed by atoms with Gasteiger partial charge >= 0.3 is 0 Å². The molecule has 0 aromatic carbocycles. The van der Waals surface area contributed by atoms with E-state index in [2.05, 4.69) is 15.0 Å². The van der Waals surface area contributed by atoms with Crippen LogP contribution in [0.3, 0.4) is 0 Å². The molecule has 0 spiro atoms. The van der Waals surface area contributed by atoms with E-state index < -0.39 is 9.84 Å². The average molecular weight is 360 g/mol. The largest absolute Gasteiger partial charge is 0.335 e. The maximum atomic E-state index is 12.9. The third-order valence-electron chi connectivity index (χ3n) is 4.38. The van der Waals surface area contributed by atoms with E-state index in [9.17, 15) is 13.2 Å². The number of aromatic nitrogens is 3. The molecule has 25 heavy (non-hydrogen) atoms. The van der Waals surface area contributed by atoms with Crippen LogP contribution < -0.4 is 0 Å². The molecule has 0 N–H and O–H groups in total. The summed E-state index contributed by atoms with van der Waals surface area (Å²) in [5, 5.41) is 0. The molecule has 0 saturated carbocycles. The van der Waals surface area contributed by atoms with E-state index in [1.807, 2.05) is 13.0 Å². The van der Waals surface area contributed by atoms with Crippen molar-refractivity contribution in [2.45, 2.75) is 26.3 Å². The minimum atomic E-state index is -3.05. The highest BCUT2D eigenvalue weighted by atomic mass is 32.2. The third kappa shape index (κ3) is 3.68. The van der Waals surface area contributed by atoms with Crippen molar-refractivity contribution in [1.82, 2.24) is 19.9 Å². The Morgan fingerprint density at radius 1 is 1.36 bits per heavy atom. The monoisotopic (exact) mass is 360 g/mol. The fourth-order valence-electron chi connectivity index (χ4n) is 3.05. The van der Waals surface area contributed by atoms with Gasteiger partial charge in [0.25, 0.3) is 5.91 Å². The Morgan fingerprint density at radius 2 is 2.16 bits per heavy atom. The molecule has 0 radical (unpaired) electrons. The molecule has 7 nitrogen and oxygen atoms in total. The zero-order valence-corrected chi connectivity index (χ0v) is 15.0. The number of carbonyl (C=O) groups excluding carboxylic acids is 1. The molecule has 0 unspecified atom stereocenters. The van der Waals surface area contributed by atoms with Gasteiger partial charge in [0.05, 0.1) is 22.8 Å². The summed E-state index contributed by atoms with van der Waals surface area (Å²) in [6.45, 7) is 4.06. The number of hydrogen-bond acceptors (Lipinski definition) is 6. The van der Waals surface area contributed by atoms with E-state index >= 15 is 0 Å². The second-order valence-corrected chi connectivity index (χ2v) is 8.31. The van der Waals surface area contributed by atoms with Gasteiger partial charge in [-0.3, -0.25) is 9.78 Å². The van der Waals surface area contributed by atoms with Crippen LogP contribution in [0.2, 0.25) is 0 Å². The minimum absolute atomic E-state index is 0.0280. The summed E-state index contributed by atoms with van der Waals surface area (Å²) in [6, 6.07) is 3.37. The van der Waals surface area contributed by atoms with Gasteiger partial charge in [0, 0.05) is 36.7 Å². The van der Waals surface area contributed by atoms with E-state index in [1.165, 1.54) is 6.20 Å². The van der Waals surface area contributed by atoms with E-state index in [-0.39, 0.29) is 23.5 Å². The molecule has 3 heterocycles. The van der Waals surface area contributed by atoms with Crippen molar-refractivity contribution in [3.63, 3.8) is 0 Å². The Morgan fingerprint density at radius 3 is 2.72 bits per heavy atom. The summed E-state index contributed by atoms with van der Waals surface area (Å²) in [4.78, 5) is 27.2. The molecule has 0 aliphatic carbocycles. The van der Waals surface area contributed by atoms with Gasteiger partial charge in [-0.25, -0.2) is 18.4 Å². The summed E-state index contributed by atoms with van der Waals surface area (Å²) in [6.07, 6.45) is 5.33. The Kier molecular flexibility index (Phi) is 4.80. The highest BCUT2D eigenvalue weighted by Crippen LogP contribution is 2.21. The predicted octanol–water partition coefficient (Wildman–Crippen LogP) is 1.50. The zero-order valence-electron chi connectivity index (χ0n) is 14.2. The standard InChI is InChI=1S/C17H20N4O3S/c1-3-21(14-6-8-25(23,24)11-14)17(22)15-10-19-16(20-12(15)2)13-5-4-7-18-9-13/h4-5,7,9-10,14H,3,6,8,11H2,1-2H3/t14-/m1/s1. The van der Waals surface area contributed by atoms with Crippen molar-refractivity contribution >= 4 is 15.7 Å². The summed E-state index contributed by atoms with van der Waals surface area (Å²) in [5.74, 6) is 0.449. The highest BCUT2D eigenvalue weighted by Gasteiger charge is 2.34. The molecule has 1 aliphatic heterocycles. The Bertz CT molecular complexity index is 884. The minimum Gasteiger partial charge on any atom is -0.335 e. The molecule has 3 rings (SSSR count).